The fourth-order valence-electron chi connectivity index (χ4n) is 3.85. The van der Waals surface area contributed by atoms with E-state index in [0.717, 1.165) is 4.90 Å². The van der Waals surface area contributed by atoms with E-state index in [1.165, 1.54) is 28.8 Å². The summed E-state index contributed by atoms with van der Waals surface area (Å²) in [7, 11) is 0. The lowest BCUT2D eigenvalue weighted by atomic mass is 9.98. The van der Waals surface area contributed by atoms with Crippen LogP contribution in [0.1, 0.15) is 41.5 Å². The number of likely N-dealkylation sites (tertiary alicyclic amines) is 1. The number of hydrogen-bond acceptors (Lipinski definition) is 2. The number of carbonyl (C=O) groups is 1. The van der Waals surface area contributed by atoms with E-state index in [-0.39, 0.29) is 17.0 Å². The van der Waals surface area contributed by atoms with Crippen molar-refractivity contribution in [2.24, 2.45) is 0 Å². The molecule has 1 aliphatic rings. The van der Waals surface area contributed by atoms with Gasteiger partial charge in [0.2, 0.25) is 0 Å². The van der Waals surface area contributed by atoms with E-state index in [1.807, 2.05) is 13.8 Å². The van der Waals surface area contributed by atoms with Crippen LogP contribution in [0.4, 0.5) is 17.6 Å². The fraction of sp³-hybridized carbons (Fsp3) is 0.333. The third kappa shape index (κ3) is 3.07. The minimum absolute atomic E-state index is 0.183. The van der Waals surface area contributed by atoms with Crippen LogP contribution < -0.4 is 0 Å². The molecule has 4 nitrogen and oxygen atoms in total. The average molecular weight is 405 g/mol. The minimum Gasteiger partial charge on any atom is -0.326 e. The van der Waals surface area contributed by atoms with Crippen molar-refractivity contribution in [3.8, 4) is 11.1 Å². The highest BCUT2D eigenvalue weighted by molar-refractivity contribution is 5.97. The number of pyridine rings is 1. The van der Waals surface area contributed by atoms with Crippen LogP contribution in [0.15, 0.2) is 30.3 Å². The van der Waals surface area contributed by atoms with Gasteiger partial charge in [-0.05, 0) is 37.1 Å². The van der Waals surface area contributed by atoms with Crippen molar-refractivity contribution < 1.29 is 22.4 Å². The average Bonchev–Trinajstić information content (AvgIpc) is 2.94. The Kier molecular flexibility index (Phi) is 4.40. The fourth-order valence-corrected chi connectivity index (χ4v) is 3.85. The number of carbonyl (C=O) groups excluding carboxylic acids is 1. The normalized spacial score (nSPS) is 15.8. The Morgan fingerprint density at radius 2 is 1.69 bits per heavy atom. The molecule has 1 amide bonds. The standard InChI is InChI=1S/C21H19F4N3O/c1-11(2)19-13(20(29)27-9-21(24,25)10-27)7-8-16-17(12(3)26-28(16)19)18-14(22)5-4-6-15(18)23/h4-8,11H,9-10H2,1-3H3. The van der Waals surface area contributed by atoms with E-state index in [0.29, 0.717) is 22.5 Å². The summed E-state index contributed by atoms with van der Waals surface area (Å²) in [5.41, 5.74) is 1.73. The van der Waals surface area contributed by atoms with Crippen LogP contribution in [0, 0.1) is 18.6 Å². The number of aromatic nitrogens is 2. The van der Waals surface area contributed by atoms with E-state index in [2.05, 4.69) is 5.10 Å². The van der Waals surface area contributed by atoms with Crippen molar-refractivity contribution >= 4 is 11.4 Å². The van der Waals surface area contributed by atoms with Gasteiger partial charge < -0.3 is 4.90 Å². The molecule has 1 aliphatic heterocycles. The van der Waals surface area contributed by atoms with Crippen molar-refractivity contribution in [1.82, 2.24) is 14.5 Å². The summed E-state index contributed by atoms with van der Waals surface area (Å²) >= 11 is 0. The number of amides is 1. The van der Waals surface area contributed by atoms with Crippen molar-refractivity contribution in [2.75, 3.05) is 13.1 Å². The number of benzene rings is 1. The molecular weight excluding hydrogens is 386 g/mol. The molecule has 1 saturated heterocycles. The largest absolute Gasteiger partial charge is 0.326 e. The van der Waals surface area contributed by atoms with Gasteiger partial charge in [-0.2, -0.15) is 5.10 Å². The number of alkyl halides is 2. The molecule has 29 heavy (non-hydrogen) atoms. The highest BCUT2D eigenvalue weighted by Crippen LogP contribution is 2.36. The Hall–Kier alpha value is -2.90. The Morgan fingerprint density at radius 1 is 1.07 bits per heavy atom. The molecule has 4 rings (SSSR count). The lowest BCUT2D eigenvalue weighted by molar-refractivity contribution is -0.113. The van der Waals surface area contributed by atoms with Crippen molar-refractivity contribution in [3.05, 3.63) is 58.9 Å². The number of fused-ring (bicyclic) bond motifs is 1. The van der Waals surface area contributed by atoms with Crippen LogP contribution in [-0.4, -0.2) is 39.4 Å². The smallest absolute Gasteiger partial charge is 0.282 e. The molecular formula is C21H19F4N3O. The van der Waals surface area contributed by atoms with Gasteiger partial charge in [-0.1, -0.05) is 19.9 Å². The molecule has 3 aromatic rings. The second-order valence-corrected chi connectivity index (χ2v) is 7.66. The van der Waals surface area contributed by atoms with Gasteiger partial charge in [0, 0.05) is 5.56 Å². The first-order valence-corrected chi connectivity index (χ1v) is 9.24. The van der Waals surface area contributed by atoms with E-state index < -0.39 is 36.6 Å². The van der Waals surface area contributed by atoms with Gasteiger partial charge in [-0.25, -0.2) is 22.1 Å². The third-order valence-corrected chi connectivity index (χ3v) is 5.13. The lowest BCUT2D eigenvalue weighted by Gasteiger charge is -2.39. The molecule has 3 heterocycles. The Balaban J connectivity index is 1.91. The monoisotopic (exact) mass is 405 g/mol. The summed E-state index contributed by atoms with van der Waals surface area (Å²) in [5.74, 6) is -4.98. The lowest BCUT2D eigenvalue weighted by Crippen LogP contribution is -2.58. The molecule has 0 spiro atoms. The zero-order valence-corrected chi connectivity index (χ0v) is 16.1. The van der Waals surface area contributed by atoms with Crippen LogP contribution in [-0.2, 0) is 0 Å². The van der Waals surface area contributed by atoms with E-state index in [1.54, 1.807) is 13.0 Å². The number of halogens is 4. The van der Waals surface area contributed by atoms with Gasteiger partial charge in [-0.3, -0.25) is 4.79 Å². The number of rotatable bonds is 3. The van der Waals surface area contributed by atoms with Crippen LogP contribution in [0.5, 0.6) is 0 Å². The number of nitrogens with zero attached hydrogens (tertiary/aromatic N) is 3. The maximum Gasteiger partial charge on any atom is 0.282 e. The Morgan fingerprint density at radius 3 is 2.24 bits per heavy atom. The molecule has 0 unspecified atom stereocenters. The predicted octanol–water partition coefficient (Wildman–Crippen LogP) is 4.80. The number of aryl methyl sites for hydroxylation is 1. The van der Waals surface area contributed by atoms with Gasteiger partial charge in [0.05, 0.1) is 41.1 Å². The first-order chi connectivity index (χ1) is 13.6. The summed E-state index contributed by atoms with van der Waals surface area (Å²) in [6.45, 7) is 4.08. The summed E-state index contributed by atoms with van der Waals surface area (Å²) in [4.78, 5) is 13.9. The molecule has 0 saturated carbocycles. The first-order valence-electron chi connectivity index (χ1n) is 9.24. The van der Waals surface area contributed by atoms with Crippen LogP contribution in [0.25, 0.3) is 16.6 Å². The summed E-state index contributed by atoms with van der Waals surface area (Å²) in [5, 5.41) is 4.43. The van der Waals surface area contributed by atoms with Gasteiger partial charge >= 0.3 is 0 Å². The molecule has 2 aromatic heterocycles. The van der Waals surface area contributed by atoms with E-state index in [4.69, 9.17) is 0 Å². The molecule has 1 aromatic carbocycles. The maximum absolute atomic E-state index is 14.4. The SMILES string of the molecule is Cc1nn2c(C(C)C)c(C(=O)N3CC(F)(F)C3)ccc2c1-c1c(F)cccc1F. The second-order valence-electron chi connectivity index (χ2n) is 7.66. The predicted molar refractivity (Wildman–Crippen MR) is 100 cm³/mol. The van der Waals surface area contributed by atoms with Crippen LogP contribution >= 0.6 is 0 Å². The van der Waals surface area contributed by atoms with Gasteiger partial charge in [-0.15, -0.1) is 0 Å². The van der Waals surface area contributed by atoms with Crippen LogP contribution in [0.3, 0.4) is 0 Å². The van der Waals surface area contributed by atoms with Gasteiger partial charge in [0.1, 0.15) is 11.6 Å². The topological polar surface area (TPSA) is 37.6 Å². The maximum atomic E-state index is 14.4. The summed E-state index contributed by atoms with van der Waals surface area (Å²) < 4.78 is 56.7. The van der Waals surface area contributed by atoms with Gasteiger partial charge in [0.25, 0.3) is 11.8 Å². The first kappa shape index (κ1) is 19.4. The van der Waals surface area contributed by atoms with Crippen molar-refractivity contribution in [2.45, 2.75) is 32.6 Å². The van der Waals surface area contributed by atoms with Gasteiger partial charge in [0.15, 0.2) is 0 Å². The Bertz CT molecular complexity index is 1110. The second kappa shape index (κ2) is 6.57. The minimum atomic E-state index is -2.87. The molecule has 8 heteroatoms. The quantitative estimate of drug-likeness (QED) is 0.587. The highest BCUT2D eigenvalue weighted by atomic mass is 19.3. The molecule has 152 valence electrons. The van der Waals surface area contributed by atoms with E-state index >= 15 is 0 Å². The highest BCUT2D eigenvalue weighted by Gasteiger charge is 2.47. The van der Waals surface area contributed by atoms with Crippen molar-refractivity contribution in [1.29, 1.82) is 0 Å². The zero-order valence-electron chi connectivity index (χ0n) is 16.1. The molecule has 0 atom stereocenters. The molecule has 0 N–H and O–H groups in total. The zero-order chi connectivity index (χ0) is 21.1. The molecule has 0 bridgehead atoms. The molecule has 0 aliphatic carbocycles. The third-order valence-electron chi connectivity index (χ3n) is 5.13. The van der Waals surface area contributed by atoms with Crippen molar-refractivity contribution in [3.63, 3.8) is 0 Å². The number of hydrogen-bond donors (Lipinski definition) is 0. The summed E-state index contributed by atoms with van der Waals surface area (Å²) in [6, 6.07) is 6.71. The molecule has 0 radical (unpaired) electrons. The Labute approximate surface area is 164 Å². The van der Waals surface area contributed by atoms with Crippen LogP contribution in [0.2, 0.25) is 0 Å². The van der Waals surface area contributed by atoms with E-state index in [9.17, 15) is 22.4 Å². The summed E-state index contributed by atoms with van der Waals surface area (Å²) in [6.07, 6.45) is 0. The molecule has 1 fully saturated rings.